The van der Waals surface area contributed by atoms with E-state index in [4.69, 9.17) is 4.74 Å². The molecule has 5 nitrogen and oxygen atoms in total. The number of amides is 1. The van der Waals surface area contributed by atoms with Crippen molar-refractivity contribution in [3.05, 3.63) is 42.2 Å². The van der Waals surface area contributed by atoms with E-state index in [-0.39, 0.29) is 11.9 Å². The SMILES string of the molecule is CC(=O)NC(C)Cc1ccc(-c2cnc(OCCC(C)C)nc2)cc1. The summed E-state index contributed by atoms with van der Waals surface area (Å²) in [6.07, 6.45) is 5.36. The summed E-state index contributed by atoms with van der Waals surface area (Å²) in [6.45, 7) is 8.50. The lowest BCUT2D eigenvalue weighted by molar-refractivity contribution is -0.119. The first kappa shape index (κ1) is 18.9. The third-order valence-electron chi connectivity index (χ3n) is 3.83. The van der Waals surface area contributed by atoms with Crippen molar-refractivity contribution < 1.29 is 9.53 Å². The minimum atomic E-state index is -0.00280. The second-order valence-corrected chi connectivity index (χ2v) is 6.79. The van der Waals surface area contributed by atoms with Gasteiger partial charge in [0.1, 0.15) is 0 Å². The minimum Gasteiger partial charge on any atom is -0.463 e. The molecule has 2 aromatic rings. The number of rotatable bonds is 8. The quantitative estimate of drug-likeness (QED) is 0.796. The third-order valence-corrected chi connectivity index (χ3v) is 3.83. The number of hydrogen-bond donors (Lipinski definition) is 1. The standard InChI is InChI=1S/C20H27N3O2/c1-14(2)9-10-25-20-21-12-19(13-22-20)18-7-5-17(6-8-18)11-15(3)23-16(4)24/h5-8,12-15H,9-11H2,1-4H3,(H,23,24). The largest absolute Gasteiger partial charge is 0.463 e. The highest BCUT2D eigenvalue weighted by Crippen LogP contribution is 2.20. The molecule has 0 fully saturated rings. The molecule has 25 heavy (non-hydrogen) atoms. The summed E-state index contributed by atoms with van der Waals surface area (Å²) in [5.74, 6) is 0.600. The Morgan fingerprint density at radius 3 is 2.28 bits per heavy atom. The Hall–Kier alpha value is -2.43. The van der Waals surface area contributed by atoms with Crippen molar-refractivity contribution >= 4 is 5.91 Å². The van der Waals surface area contributed by atoms with Gasteiger partial charge in [0.15, 0.2) is 0 Å². The molecule has 0 spiro atoms. The van der Waals surface area contributed by atoms with E-state index in [0.29, 0.717) is 18.5 Å². The highest BCUT2D eigenvalue weighted by molar-refractivity contribution is 5.73. The predicted octanol–water partition coefficient (Wildman–Crippen LogP) is 3.64. The summed E-state index contributed by atoms with van der Waals surface area (Å²) in [5.41, 5.74) is 3.20. The summed E-state index contributed by atoms with van der Waals surface area (Å²) < 4.78 is 5.55. The Labute approximate surface area is 149 Å². The molecule has 0 bridgehead atoms. The summed E-state index contributed by atoms with van der Waals surface area (Å²) in [6, 6.07) is 8.78. The summed E-state index contributed by atoms with van der Waals surface area (Å²) in [4.78, 5) is 19.6. The average molecular weight is 341 g/mol. The van der Waals surface area contributed by atoms with E-state index in [1.165, 1.54) is 12.5 Å². The van der Waals surface area contributed by atoms with Crippen LogP contribution < -0.4 is 10.1 Å². The van der Waals surface area contributed by atoms with Crippen LogP contribution in [-0.4, -0.2) is 28.5 Å². The maximum absolute atomic E-state index is 11.1. The van der Waals surface area contributed by atoms with Crippen LogP contribution in [0.4, 0.5) is 0 Å². The monoisotopic (exact) mass is 341 g/mol. The van der Waals surface area contributed by atoms with Crippen molar-refractivity contribution in [2.75, 3.05) is 6.61 Å². The lowest BCUT2D eigenvalue weighted by Crippen LogP contribution is -2.31. The van der Waals surface area contributed by atoms with Crippen LogP contribution in [0.2, 0.25) is 0 Å². The average Bonchev–Trinajstić information content (AvgIpc) is 2.55. The van der Waals surface area contributed by atoms with E-state index in [1.54, 1.807) is 12.4 Å². The lowest BCUT2D eigenvalue weighted by Gasteiger charge is -2.12. The van der Waals surface area contributed by atoms with E-state index in [9.17, 15) is 4.79 Å². The van der Waals surface area contributed by atoms with Gasteiger partial charge >= 0.3 is 6.01 Å². The Bertz CT molecular complexity index is 666. The molecule has 0 aliphatic rings. The molecular formula is C20H27N3O2. The summed E-state index contributed by atoms with van der Waals surface area (Å²) in [5, 5.41) is 2.89. The van der Waals surface area contributed by atoms with E-state index >= 15 is 0 Å². The molecular weight excluding hydrogens is 314 g/mol. The zero-order chi connectivity index (χ0) is 18.2. The van der Waals surface area contributed by atoms with Crippen molar-refractivity contribution in [3.8, 4) is 17.1 Å². The molecule has 0 radical (unpaired) electrons. The second kappa shape index (κ2) is 9.16. The van der Waals surface area contributed by atoms with E-state index in [1.807, 2.05) is 19.1 Å². The number of benzene rings is 1. The van der Waals surface area contributed by atoms with Gasteiger partial charge in [0.05, 0.1) is 6.61 Å². The molecule has 1 aromatic carbocycles. The molecule has 2 rings (SSSR count). The maximum atomic E-state index is 11.1. The van der Waals surface area contributed by atoms with Crippen LogP contribution in [0.5, 0.6) is 6.01 Å². The molecule has 134 valence electrons. The highest BCUT2D eigenvalue weighted by atomic mass is 16.5. The summed E-state index contributed by atoms with van der Waals surface area (Å²) in [7, 11) is 0. The van der Waals surface area contributed by atoms with Crippen molar-refractivity contribution in [3.63, 3.8) is 0 Å². The maximum Gasteiger partial charge on any atom is 0.316 e. The number of nitrogens with zero attached hydrogens (tertiary/aromatic N) is 2. The predicted molar refractivity (Wildman–Crippen MR) is 99.4 cm³/mol. The first-order valence-corrected chi connectivity index (χ1v) is 8.75. The molecule has 0 saturated heterocycles. The van der Waals surface area contributed by atoms with Crippen molar-refractivity contribution in [2.24, 2.45) is 5.92 Å². The van der Waals surface area contributed by atoms with E-state index < -0.39 is 0 Å². The molecule has 1 unspecified atom stereocenters. The zero-order valence-corrected chi connectivity index (χ0v) is 15.5. The van der Waals surface area contributed by atoms with Gasteiger partial charge in [-0.3, -0.25) is 4.79 Å². The highest BCUT2D eigenvalue weighted by Gasteiger charge is 2.06. The van der Waals surface area contributed by atoms with Crippen LogP contribution in [0.3, 0.4) is 0 Å². The fourth-order valence-corrected chi connectivity index (χ4v) is 2.51. The second-order valence-electron chi connectivity index (χ2n) is 6.79. The van der Waals surface area contributed by atoms with Gasteiger partial charge in [-0.1, -0.05) is 38.1 Å². The number of carbonyl (C=O) groups is 1. The van der Waals surface area contributed by atoms with Gasteiger partial charge in [-0.15, -0.1) is 0 Å². The van der Waals surface area contributed by atoms with E-state index in [2.05, 4.69) is 41.3 Å². The van der Waals surface area contributed by atoms with Crippen molar-refractivity contribution in [1.29, 1.82) is 0 Å². The number of hydrogen-bond acceptors (Lipinski definition) is 4. The molecule has 0 aliphatic carbocycles. The van der Waals surface area contributed by atoms with Gasteiger partial charge < -0.3 is 10.1 Å². The van der Waals surface area contributed by atoms with Crippen LogP contribution in [0, 0.1) is 5.92 Å². The van der Waals surface area contributed by atoms with Crippen LogP contribution in [0.25, 0.3) is 11.1 Å². The molecule has 1 atom stereocenters. The van der Waals surface area contributed by atoms with Gasteiger partial charge in [-0.25, -0.2) is 9.97 Å². The first-order chi connectivity index (χ1) is 11.9. The van der Waals surface area contributed by atoms with Gasteiger partial charge in [0.2, 0.25) is 5.91 Å². The number of carbonyl (C=O) groups excluding carboxylic acids is 1. The topological polar surface area (TPSA) is 64.1 Å². The number of ether oxygens (including phenoxy) is 1. The third kappa shape index (κ3) is 6.53. The summed E-state index contributed by atoms with van der Waals surface area (Å²) >= 11 is 0. The molecule has 0 saturated carbocycles. The van der Waals surface area contributed by atoms with Crippen LogP contribution >= 0.6 is 0 Å². The van der Waals surface area contributed by atoms with Crippen LogP contribution in [0.15, 0.2) is 36.7 Å². The molecule has 1 amide bonds. The zero-order valence-electron chi connectivity index (χ0n) is 15.5. The van der Waals surface area contributed by atoms with Gasteiger partial charge in [-0.2, -0.15) is 0 Å². The van der Waals surface area contributed by atoms with Gasteiger partial charge in [0, 0.05) is 30.9 Å². The fourth-order valence-electron chi connectivity index (χ4n) is 2.51. The lowest BCUT2D eigenvalue weighted by atomic mass is 10.0. The molecule has 1 N–H and O–H groups in total. The first-order valence-electron chi connectivity index (χ1n) is 8.75. The minimum absolute atomic E-state index is 0.00280. The Balaban J connectivity index is 1.94. The number of nitrogens with one attached hydrogen (secondary N) is 1. The number of aromatic nitrogens is 2. The molecule has 1 aromatic heterocycles. The van der Waals surface area contributed by atoms with Gasteiger partial charge in [-0.05, 0) is 36.8 Å². The molecule has 0 aliphatic heterocycles. The Kier molecular flexibility index (Phi) is 6.92. The Morgan fingerprint density at radius 2 is 1.72 bits per heavy atom. The van der Waals surface area contributed by atoms with Crippen LogP contribution in [-0.2, 0) is 11.2 Å². The smallest absolute Gasteiger partial charge is 0.316 e. The van der Waals surface area contributed by atoms with Crippen LogP contribution in [0.1, 0.15) is 39.7 Å². The van der Waals surface area contributed by atoms with Gasteiger partial charge in [0.25, 0.3) is 0 Å². The van der Waals surface area contributed by atoms with Crippen molar-refractivity contribution in [1.82, 2.24) is 15.3 Å². The Morgan fingerprint density at radius 1 is 1.08 bits per heavy atom. The van der Waals surface area contributed by atoms with E-state index in [0.717, 1.165) is 24.0 Å². The molecule has 1 heterocycles. The molecule has 5 heteroatoms. The normalized spacial score (nSPS) is 12.0. The fraction of sp³-hybridized carbons (Fsp3) is 0.450. The van der Waals surface area contributed by atoms with Crippen molar-refractivity contribution in [2.45, 2.75) is 46.6 Å².